The van der Waals surface area contributed by atoms with Gasteiger partial charge in [-0.2, -0.15) is 11.8 Å². The Bertz CT molecular complexity index is 1330. The summed E-state index contributed by atoms with van der Waals surface area (Å²) in [6, 6.07) is 0. The van der Waals surface area contributed by atoms with Crippen molar-refractivity contribution in [3.05, 3.63) is 0 Å². The van der Waals surface area contributed by atoms with Gasteiger partial charge in [0.2, 0.25) is 0 Å². The molecule has 0 saturated heterocycles. The second-order valence-corrected chi connectivity index (χ2v) is 24.2. The number of aliphatic hydroxyl groups excluding tert-OH is 32. The Kier molecular flexibility index (Phi) is 159. The van der Waals surface area contributed by atoms with Crippen LogP contribution in [0.4, 0.5) is 0 Å². The van der Waals surface area contributed by atoms with Crippen molar-refractivity contribution in [3.63, 3.8) is 0 Å². The van der Waals surface area contributed by atoms with E-state index in [0.29, 0.717) is 222 Å². The van der Waals surface area contributed by atoms with Crippen molar-refractivity contribution in [1.82, 2.24) is 0 Å². The van der Waals surface area contributed by atoms with E-state index in [1.54, 1.807) is 0 Å². The minimum atomic E-state index is -0.954. The van der Waals surface area contributed by atoms with E-state index in [0.717, 1.165) is 12.8 Å². The average Bonchev–Trinajstić information content (AvgIpc) is 0.958. The van der Waals surface area contributed by atoms with Crippen LogP contribution in [0.1, 0.15) is 26.7 Å². The molecular weight excluding hydrogens is 1640 g/mol. The molecular formula is C70H162O48S. The zero-order valence-corrected chi connectivity index (χ0v) is 70.6. The molecule has 0 aromatic heterocycles. The lowest BCUT2D eigenvalue weighted by Crippen LogP contribution is -2.21. The molecule has 2 atom stereocenters. The Morgan fingerprint density at radius 3 is 0.319 bits per heavy atom. The second-order valence-electron chi connectivity index (χ2n) is 22.6. The van der Waals surface area contributed by atoms with Gasteiger partial charge in [-0.25, -0.2) is 0 Å². The third-order valence-electron chi connectivity index (χ3n) is 11.8. The average molecular weight is 1800 g/mol. The highest BCUT2D eigenvalue weighted by Gasteiger charge is 2.16. The fourth-order valence-electron chi connectivity index (χ4n) is 4.99. The van der Waals surface area contributed by atoms with Crippen molar-refractivity contribution in [2.45, 2.75) is 98.2 Å². The van der Waals surface area contributed by atoms with Crippen molar-refractivity contribution >= 4 is 11.8 Å². The fourth-order valence-corrected chi connectivity index (χ4v) is 6.27. The molecule has 0 fully saturated rings. The largest absolute Gasteiger partial charge is 0.394 e. The lowest BCUT2D eigenvalue weighted by molar-refractivity contribution is -0.0238. The molecule has 48 nitrogen and oxygen atoms in total. The molecule has 736 valence electrons. The van der Waals surface area contributed by atoms with Gasteiger partial charge in [-0.15, -0.1) is 0 Å². The molecule has 2 unspecified atom stereocenters. The smallest absolute Gasteiger partial charge is 0.100 e. The number of aliphatic hydroxyl groups is 32. The van der Waals surface area contributed by atoms with E-state index >= 15 is 0 Å². The van der Waals surface area contributed by atoms with Crippen LogP contribution < -0.4 is 0 Å². The van der Waals surface area contributed by atoms with Crippen LogP contribution in [0.15, 0.2) is 0 Å². The van der Waals surface area contributed by atoms with Gasteiger partial charge in [0.15, 0.2) is 0 Å². The third-order valence-corrected chi connectivity index (χ3v) is 13.5. The van der Waals surface area contributed by atoms with Crippen molar-refractivity contribution < 1.29 is 239 Å². The number of ether oxygens (including phenoxy) is 16. The maximum absolute atomic E-state index is 8.61. The van der Waals surface area contributed by atoms with E-state index in [2.05, 4.69) is 13.8 Å². The van der Waals surface area contributed by atoms with Crippen LogP contribution in [0.5, 0.6) is 0 Å². The molecule has 0 amide bonds. The normalized spacial score (nSPS) is 11.4. The predicted octanol–water partition coefficient (Wildman–Crippen LogP) is -15.2. The lowest BCUT2D eigenvalue weighted by atomic mass is 10.3. The fraction of sp³-hybridized carbons (Fsp3) is 1.00. The van der Waals surface area contributed by atoms with Crippen molar-refractivity contribution in [3.8, 4) is 0 Å². The van der Waals surface area contributed by atoms with Gasteiger partial charge in [0.05, 0.1) is 357 Å². The van der Waals surface area contributed by atoms with Gasteiger partial charge < -0.3 is 239 Å². The van der Waals surface area contributed by atoms with Crippen LogP contribution in [0, 0.1) is 0 Å². The summed E-state index contributed by atoms with van der Waals surface area (Å²) in [6.45, 7) is 13.3. The number of hydrogen-bond donors (Lipinski definition) is 32. The highest BCUT2D eigenvalue weighted by atomic mass is 32.2. The summed E-state index contributed by atoms with van der Waals surface area (Å²) in [6.07, 6.45) is -7.48. The SMILES string of the molecule is CCC(COCCOCCOCCOCCOCCOCCOCCOCCO)SC(CC)COCCOCCOCCOCCOCCOCCOCCOCCO.OCC(O)CO.OCC(O)CO.OCC(O)CO.OCC(O)CO.OCC(O)CO.OCC(O)CO.OCC(O)CO.OCC(O)CO.OCC(O)CO.OCC(O)CO. The molecule has 32 N–H and O–H groups in total. The summed E-state index contributed by atoms with van der Waals surface area (Å²) in [5.41, 5.74) is 0. The molecule has 0 aliphatic carbocycles. The minimum absolute atomic E-state index is 0.0222. The van der Waals surface area contributed by atoms with Gasteiger partial charge in [-0.3, -0.25) is 0 Å². The molecule has 49 heteroatoms. The predicted molar refractivity (Wildman–Crippen MR) is 425 cm³/mol. The molecule has 0 radical (unpaired) electrons. The van der Waals surface area contributed by atoms with E-state index in [9.17, 15) is 0 Å². The molecule has 0 spiro atoms. The zero-order chi connectivity index (χ0) is 92.5. The molecule has 0 saturated carbocycles. The van der Waals surface area contributed by atoms with E-state index in [-0.39, 0.29) is 145 Å². The van der Waals surface area contributed by atoms with E-state index in [1.807, 2.05) is 11.8 Å². The molecule has 0 bridgehead atoms. The van der Waals surface area contributed by atoms with Gasteiger partial charge in [-0.1, -0.05) is 13.8 Å². The van der Waals surface area contributed by atoms with Crippen molar-refractivity contribution in [1.29, 1.82) is 0 Å². The topological polar surface area (TPSA) is 795 Å². The molecule has 0 aliphatic rings. The van der Waals surface area contributed by atoms with E-state index in [4.69, 9.17) is 239 Å². The van der Waals surface area contributed by atoms with Gasteiger partial charge in [-0.05, 0) is 12.8 Å². The van der Waals surface area contributed by atoms with Crippen LogP contribution in [-0.4, -0.2) is 592 Å². The summed E-state index contributed by atoms with van der Waals surface area (Å²) >= 11 is 1.93. The summed E-state index contributed by atoms with van der Waals surface area (Å²) in [7, 11) is 0. The Hall–Kier alpha value is -1.57. The molecule has 119 heavy (non-hydrogen) atoms. The third kappa shape index (κ3) is 157. The summed E-state index contributed by atoms with van der Waals surface area (Å²) in [4.78, 5) is 0. The molecule has 0 aromatic carbocycles. The zero-order valence-electron chi connectivity index (χ0n) is 69.8. The first-order valence-corrected chi connectivity index (χ1v) is 39.4. The highest BCUT2D eigenvalue weighted by molar-refractivity contribution is 8.00. The summed E-state index contributed by atoms with van der Waals surface area (Å²) in [5.74, 6) is 0. The first-order chi connectivity index (χ1) is 57.4. The van der Waals surface area contributed by atoms with Gasteiger partial charge in [0, 0.05) is 10.5 Å². The van der Waals surface area contributed by atoms with Crippen LogP contribution >= 0.6 is 11.8 Å². The molecule has 0 aromatic rings. The maximum Gasteiger partial charge on any atom is 0.100 e. The minimum Gasteiger partial charge on any atom is -0.394 e. The van der Waals surface area contributed by atoms with Crippen LogP contribution in [-0.2, 0) is 75.8 Å². The standard InChI is InChI=1S/C40H82O18S.10C3H8O3/c1-3-39(37-57-35-33-55-31-29-53-27-25-51-23-21-49-19-17-47-15-13-45-11-9-43-7-5-41)59-40(4-2)38-58-36-34-56-32-30-54-28-26-52-24-22-50-20-18-48-16-14-46-12-10-44-8-6-42;10*4-1-3(6)2-5/h39-42H,3-38H2,1-2H3;10*3-6H,1-2H2. The summed E-state index contributed by atoms with van der Waals surface area (Å²) in [5, 5.41) is 258. The first kappa shape index (κ1) is 141. The van der Waals surface area contributed by atoms with Gasteiger partial charge >= 0.3 is 0 Å². The Labute approximate surface area is 703 Å². The first-order valence-electron chi connectivity index (χ1n) is 38.5. The quantitative estimate of drug-likeness (QED) is 0.0251. The van der Waals surface area contributed by atoms with Crippen LogP contribution in [0.25, 0.3) is 0 Å². The number of rotatable bonds is 74. The number of hydrogen-bond acceptors (Lipinski definition) is 49. The molecule has 0 aliphatic heterocycles. The van der Waals surface area contributed by atoms with Crippen LogP contribution in [0.3, 0.4) is 0 Å². The maximum atomic E-state index is 8.61. The molecule has 0 rings (SSSR count). The second kappa shape index (κ2) is 134. The Morgan fingerprint density at radius 1 is 0.151 bits per heavy atom. The Morgan fingerprint density at radius 2 is 0.244 bits per heavy atom. The van der Waals surface area contributed by atoms with E-state index < -0.39 is 61.0 Å². The van der Waals surface area contributed by atoms with Crippen molar-refractivity contribution in [2.24, 2.45) is 0 Å². The van der Waals surface area contributed by atoms with E-state index in [1.165, 1.54) is 0 Å². The van der Waals surface area contributed by atoms with Gasteiger partial charge in [0.25, 0.3) is 0 Å². The Balaban J connectivity index is -0.000000169. The highest BCUT2D eigenvalue weighted by Crippen LogP contribution is 2.24. The lowest BCUT2D eigenvalue weighted by Gasteiger charge is -2.21. The summed E-state index contributed by atoms with van der Waals surface area (Å²) < 4.78 is 87.9. The van der Waals surface area contributed by atoms with Crippen LogP contribution in [0.2, 0.25) is 0 Å². The van der Waals surface area contributed by atoms with Gasteiger partial charge in [0.1, 0.15) is 61.0 Å². The monoisotopic (exact) mass is 1800 g/mol. The molecule has 0 heterocycles. The number of thioether (sulfide) groups is 1. The van der Waals surface area contributed by atoms with Crippen molar-refractivity contribution in [2.75, 3.05) is 357 Å².